The number of nitrogens with one attached hydrogen (secondary N) is 2. The molecule has 0 aliphatic rings. The zero-order valence-electron chi connectivity index (χ0n) is 16.0. The number of carbonyl (C=O) groups excluding carboxylic acids is 3. The summed E-state index contributed by atoms with van der Waals surface area (Å²) in [5, 5.41) is 5.35. The molecule has 0 aromatic heterocycles. The molecule has 0 aromatic rings. The smallest absolute Gasteiger partial charge is 0.222 e. The number of carbonyl (C=O) groups is 3. The maximum absolute atomic E-state index is 11.5. The number of hydrogen-bond donors (Lipinski definition) is 2. The number of ether oxygens (including phenoxy) is 3. The average Bonchev–Trinajstić information content (AvgIpc) is 2.63. The van der Waals surface area contributed by atoms with Gasteiger partial charge in [-0.05, 0) is 0 Å². The van der Waals surface area contributed by atoms with Gasteiger partial charge in [0, 0.05) is 39.5 Å². The van der Waals surface area contributed by atoms with Crippen LogP contribution in [-0.2, 0) is 28.6 Å². The van der Waals surface area contributed by atoms with E-state index in [1.165, 1.54) is 7.11 Å². The normalized spacial score (nSPS) is 9.76. The number of ketones is 1. The fourth-order valence-corrected chi connectivity index (χ4v) is 1.45. The first-order valence-electron chi connectivity index (χ1n) is 8.79. The van der Waals surface area contributed by atoms with Crippen molar-refractivity contribution in [1.82, 2.24) is 10.6 Å². The molecule has 8 nitrogen and oxygen atoms in total. The average molecular weight is 362 g/mol. The molecule has 0 saturated heterocycles. The van der Waals surface area contributed by atoms with Gasteiger partial charge in [-0.15, -0.1) is 0 Å². The number of Topliss-reactive ketones (excluding diaryl/α,β-unsaturated/α-hetero) is 1. The van der Waals surface area contributed by atoms with E-state index in [1.54, 1.807) is 6.92 Å². The van der Waals surface area contributed by atoms with Crippen molar-refractivity contribution in [1.29, 1.82) is 0 Å². The van der Waals surface area contributed by atoms with Gasteiger partial charge in [0.05, 0.1) is 26.4 Å². The molecule has 0 radical (unpaired) electrons. The van der Waals surface area contributed by atoms with Crippen LogP contribution in [0.5, 0.6) is 0 Å². The summed E-state index contributed by atoms with van der Waals surface area (Å²) in [6.45, 7) is 7.98. The van der Waals surface area contributed by atoms with E-state index < -0.39 is 0 Å². The van der Waals surface area contributed by atoms with Crippen LogP contribution >= 0.6 is 0 Å². The minimum atomic E-state index is -0.139. The highest BCUT2D eigenvalue weighted by atomic mass is 16.5. The van der Waals surface area contributed by atoms with Crippen molar-refractivity contribution in [2.24, 2.45) is 0 Å². The maximum atomic E-state index is 11.5. The lowest BCUT2D eigenvalue weighted by molar-refractivity contribution is -0.124. The Labute approximate surface area is 151 Å². The molecule has 0 aliphatic heterocycles. The minimum absolute atomic E-state index is 0.0408. The van der Waals surface area contributed by atoms with E-state index in [1.807, 2.05) is 13.8 Å². The summed E-state index contributed by atoms with van der Waals surface area (Å²) in [6.07, 6.45) is 1.02. The lowest BCUT2D eigenvalue weighted by Crippen LogP contribution is -2.30. The lowest BCUT2D eigenvalue weighted by Gasteiger charge is -2.07. The van der Waals surface area contributed by atoms with Gasteiger partial charge in [0.25, 0.3) is 0 Å². The molecule has 148 valence electrons. The second-order valence-electron chi connectivity index (χ2n) is 4.75. The van der Waals surface area contributed by atoms with Gasteiger partial charge in [0.2, 0.25) is 11.8 Å². The van der Waals surface area contributed by atoms with Crippen LogP contribution in [0.3, 0.4) is 0 Å². The first kappa shape index (κ1) is 25.7. The predicted molar refractivity (Wildman–Crippen MR) is 95.4 cm³/mol. The van der Waals surface area contributed by atoms with Gasteiger partial charge in [-0.1, -0.05) is 20.8 Å². The zero-order valence-corrected chi connectivity index (χ0v) is 16.0. The van der Waals surface area contributed by atoms with Crippen LogP contribution in [-0.4, -0.2) is 70.8 Å². The van der Waals surface area contributed by atoms with Crippen molar-refractivity contribution >= 4 is 17.6 Å². The predicted octanol–water partition coefficient (Wildman–Crippen LogP) is 0.684. The zero-order chi connectivity index (χ0) is 19.3. The van der Waals surface area contributed by atoms with Crippen LogP contribution < -0.4 is 10.6 Å². The molecule has 0 unspecified atom stereocenters. The van der Waals surface area contributed by atoms with E-state index in [0.29, 0.717) is 45.8 Å². The van der Waals surface area contributed by atoms with E-state index in [-0.39, 0.29) is 37.2 Å². The molecule has 2 N–H and O–H groups in total. The molecule has 0 aromatic carbocycles. The Hall–Kier alpha value is -1.51. The summed E-state index contributed by atoms with van der Waals surface area (Å²) in [6, 6.07) is 0. The van der Waals surface area contributed by atoms with Gasteiger partial charge >= 0.3 is 0 Å². The number of methoxy groups -OCH3 is 1. The SMILES string of the molecule is CC.CCC(=O)COCCNC(=O)CCOCCNC(=O)CCOC. The second kappa shape index (κ2) is 20.5. The van der Waals surface area contributed by atoms with Crippen molar-refractivity contribution in [3.8, 4) is 0 Å². The van der Waals surface area contributed by atoms with Gasteiger partial charge in [-0.2, -0.15) is 0 Å². The molecular weight excluding hydrogens is 328 g/mol. The summed E-state index contributed by atoms with van der Waals surface area (Å²) in [4.78, 5) is 33.7. The summed E-state index contributed by atoms with van der Waals surface area (Å²) >= 11 is 0. The van der Waals surface area contributed by atoms with Crippen molar-refractivity contribution in [3.63, 3.8) is 0 Å². The Morgan fingerprint density at radius 3 is 1.84 bits per heavy atom. The summed E-state index contributed by atoms with van der Waals surface area (Å²) < 4.78 is 15.1. The monoisotopic (exact) mass is 362 g/mol. The molecule has 2 amide bonds. The molecule has 0 aliphatic carbocycles. The molecule has 0 rings (SSSR count). The fourth-order valence-electron chi connectivity index (χ4n) is 1.45. The van der Waals surface area contributed by atoms with Gasteiger partial charge in [0.1, 0.15) is 6.61 Å². The second-order valence-corrected chi connectivity index (χ2v) is 4.75. The molecule has 8 heteroatoms. The quantitative estimate of drug-likeness (QED) is 0.415. The Kier molecular flexibility index (Phi) is 21.1. The van der Waals surface area contributed by atoms with Crippen molar-refractivity contribution in [2.75, 3.05) is 53.2 Å². The molecule has 0 bridgehead atoms. The van der Waals surface area contributed by atoms with Crippen molar-refractivity contribution < 1.29 is 28.6 Å². The summed E-state index contributed by atoms with van der Waals surface area (Å²) in [7, 11) is 1.54. The molecule has 0 saturated carbocycles. The Morgan fingerprint density at radius 2 is 1.32 bits per heavy atom. The molecule has 25 heavy (non-hydrogen) atoms. The van der Waals surface area contributed by atoms with Crippen LogP contribution in [0, 0.1) is 0 Å². The topological polar surface area (TPSA) is 103 Å². The van der Waals surface area contributed by atoms with E-state index >= 15 is 0 Å². The fraction of sp³-hybridized carbons (Fsp3) is 0.824. The standard InChI is InChI=1S/C15H28N2O6.C2H6/c1-3-13(18)12-23-11-7-17-15(20)5-9-22-10-6-16-14(19)4-8-21-2;1-2/h3-12H2,1-2H3,(H,16,19)(H,17,20);1-2H3. The van der Waals surface area contributed by atoms with Crippen LogP contribution in [0.25, 0.3) is 0 Å². The van der Waals surface area contributed by atoms with E-state index in [9.17, 15) is 14.4 Å². The molecule has 0 atom stereocenters. The third-order valence-electron chi connectivity index (χ3n) is 2.80. The van der Waals surface area contributed by atoms with Gasteiger partial charge in [-0.3, -0.25) is 14.4 Å². The van der Waals surface area contributed by atoms with Gasteiger partial charge in [0.15, 0.2) is 5.78 Å². The Bertz CT molecular complexity index is 350. The van der Waals surface area contributed by atoms with Crippen molar-refractivity contribution in [2.45, 2.75) is 40.0 Å². The maximum Gasteiger partial charge on any atom is 0.222 e. The first-order valence-corrected chi connectivity index (χ1v) is 8.79. The highest BCUT2D eigenvalue weighted by Crippen LogP contribution is 1.86. The van der Waals surface area contributed by atoms with Crippen molar-refractivity contribution in [3.05, 3.63) is 0 Å². The summed E-state index contributed by atoms with van der Waals surface area (Å²) in [5.41, 5.74) is 0. The largest absolute Gasteiger partial charge is 0.384 e. The molecule has 0 spiro atoms. The number of amides is 2. The Balaban J connectivity index is 0. The minimum Gasteiger partial charge on any atom is -0.384 e. The summed E-state index contributed by atoms with van der Waals surface area (Å²) in [5.74, 6) is -0.187. The molecule has 0 heterocycles. The lowest BCUT2D eigenvalue weighted by atomic mass is 10.3. The van der Waals surface area contributed by atoms with Crippen LogP contribution in [0.1, 0.15) is 40.0 Å². The number of rotatable bonds is 15. The number of hydrogen-bond acceptors (Lipinski definition) is 6. The Morgan fingerprint density at radius 1 is 0.800 bits per heavy atom. The van der Waals surface area contributed by atoms with Crippen LogP contribution in [0.15, 0.2) is 0 Å². The molecular formula is C17H34N2O6. The highest BCUT2D eigenvalue weighted by Gasteiger charge is 2.03. The van der Waals surface area contributed by atoms with Crippen LogP contribution in [0.2, 0.25) is 0 Å². The highest BCUT2D eigenvalue weighted by molar-refractivity contribution is 5.79. The first-order chi connectivity index (χ1) is 12.1. The van der Waals surface area contributed by atoms with E-state index in [0.717, 1.165) is 0 Å². The third kappa shape index (κ3) is 20.4. The van der Waals surface area contributed by atoms with Gasteiger partial charge in [-0.25, -0.2) is 0 Å². The van der Waals surface area contributed by atoms with E-state index in [4.69, 9.17) is 14.2 Å². The van der Waals surface area contributed by atoms with Crippen LogP contribution in [0.4, 0.5) is 0 Å². The van der Waals surface area contributed by atoms with E-state index in [2.05, 4.69) is 10.6 Å². The molecule has 0 fully saturated rings. The van der Waals surface area contributed by atoms with Gasteiger partial charge < -0.3 is 24.8 Å². The third-order valence-corrected chi connectivity index (χ3v) is 2.80.